The van der Waals surface area contributed by atoms with Gasteiger partial charge in [0.2, 0.25) is 0 Å². The summed E-state index contributed by atoms with van der Waals surface area (Å²) in [7, 11) is 2.38. The van der Waals surface area contributed by atoms with Gasteiger partial charge in [0.25, 0.3) is 0 Å². The number of hydrogen-bond acceptors (Lipinski definition) is 6. The molecule has 0 unspecified atom stereocenters. The fourth-order valence-corrected chi connectivity index (χ4v) is 1.27. The number of benzene rings is 1. The van der Waals surface area contributed by atoms with Gasteiger partial charge in [-0.1, -0.05) is 0 Å². The molecule has 1 rings (SSSR count). The highest BCUT2D eigenvalue weighted by atomic mass is 16.6. The third-order valence-electron chi connectivity index (χ3n) is 2.02. The number of hydrogen-bond donors (Lipinski definition) is 0. The Bertz CT molecular complexity index is 518. The van der Waals surface area contributed by atoms with E-state index in [2.05, 4.69) is 4.74 Å². The highest BCUT2D eigenvalue weighted by Gasteiger charge is 2.24. The van der Waals surface area contributed by atoms with Crippen LogP contribution in [0.2, 0.25) is 0 Å². The van der Waals surface area contributed by atoms with Gasteiger partial charge in [0.15, 0.2) is 5.75 Å². The van der Waals surface area contributed by atoms with Gasteiger partial charge in [-0.05, 0) is 6.07 Å². The fraction of sp³-hybridized carbons (Fsp3) is 0.200. The lowest BCUT2D eigenvalue weighted by Gasteiger charge is -2.05. The van der Waals surface area contributed by atoms with Crippen molar-refractivity contribution in [2.75, 3.05) is 14.2 Å². The monoisotopic (exact) mass is 236 g/mol. The van der Waals surface area contributed by atoms with E-state index in [1.807, 2.05) is 0 Å². The zero-order chi connectivity index (χ0) is 13.0. The van der Waals surface area contributed by atoms with Crippen LogP contribution in [0, 0.1) is 21.4 Å². The Morgan fingerprint density at radius 1 is 1.47 bits per heavy atom. The average molecular weight is 236 g/mol. The van der Waals surface area contributed by atoms with E-state index < -0.39 is 16.6 Å². The summed E-state index contributed by atoms with van der Waals surface area (Å²) in [6.45, 7) is 0. The molecule has 0 radical (unpaired) electrons. The van der Waals surface area contributed by atoms with Crippen LogP contribution < -0.4 is 4.74 Å². The predicted molar refractivity (Wildman–Crippen MR) is 55.7 cm³/mol. The van der Waals surface area contributed by atoms with Crippen molar-refractivity contribution in [3.63, 3.8) is 0 Å². The summed E-state index contributed by atoms with van der Waals surface area (Å²) in [5.41, 5.74) is -0.705. The molecule has 0 amide bonds. The molecular weight excluding hydrogens is 228 g/mol. The Kier molecular flexibility index (Phi) is 3.62. The van der Waals surface area contributed by atoms with Gasteiger partial charge in [0.1, 0.15) is 11.6 Å². The second-order valence-electron chi connectivity index (χ2n) is 2.94. The quantitative estimate of drug-likeness (QED) is 0.444. The topological polar surface area (TPSA) is 102 Å². The number of nitro benzene ring substituents is 1. The number of esters is 1. The van der Waals surface area contributed by atoms with E-state index in [4.69, 9.17) is 10.00 Å². The number of methoxy groups -OCH3 is 2. The van der Waals surface area contributed by atoms with E-state index in [0.717, 1.165) is 12.1 Å². The van der Waals surface area contributed by atoms with Crippen molar-refractivity contribution in [3.8, 4) is 11.8 Å². The van der Waals surface area contributed by atoms with Gasteiger partial charge >= 0.3 is 11.7 Å². The second-order valence-corrected chi connectivity index (χ2v) is 2.94. The average Bonchev–Trinajstić information content (AvgIpc) is 2.35. The number of ether oxygens (including phenoxy) is 2. The van der Waals surface area contributed by atoms with E-state index in [1.165, 1.54) is 14.2 Å². The van der Waals surface area contributed by atoms with Crippen molar-refractivity contribution in [2.45, 2.75) is 0 Å². The molecule has 1 aromatic rings. The maximum atomic E-state index is 11.3. The molecule has 0 N–H and O–H groups in total. The molecule has 0 heterocycles. The molecule has 0 aromatic heterocycles. The Morgan fingerprint density at radius 2 is 2.12 bits per heavy atom. The Morgan fingerprint density at radius 3 is 2.53 bits per heavy atom. The molecule has 0 saturated heterocycles. The van der Waals surface area contributed by atoms with Gasteiger partial charge < -0.3 is 9.47 Å². The highest BCUT2D eigenvalue weighted by molar-refractivity contribution is 5.91. The lowest BCUT2D eigenvalue weighted by molar-refractivity contribution is -0.386. The number of nitriles is 1. The molecule has 0 aliphatic heterocycles. The first-order chi connectivity index (χ1) is 8.04. The van der Waals surface area contributed by atoms with Gasteiger partial charge in [-0.25, -0.2) is 4.79 Å². The number of carbonyl (C=O) groups excluding carboxylic acids is 1. The molecule has 0 aliphatic rings. The molecule has 17 heavy (non-hydrogen) atoms. The van der Waals surface area contributed by atoms with Crippen molar-refractivity contribution < 1.29 is 19.2 Å². The Balaban J connectivity index is 3.51. The van der Waals surface area contributed by atoms with Crippen molar-refractivity contribution >= 4 is 11.7 Å². The molecule has 0 fully saturated rings. The van der Waals surface area contributed by atoms with Crippen LogP contribution in [-0.2, 0) is 4.74 Å². The highest BCUT2D eigenvalue weighted by Crippen LogP contribution is 2.32. The minimum Gasteiger partial charge on any atom is -0.490 e. The molecule has 0 atom stereocenters. The molecule has 88 valence electrons. The van der Waals surface area contributed by atoms with Crippen LogP contribution in [0.15, 0.2) is 12.1 Å². The summed E-state index contributed by atoms with van der Waals surface area (Å²) >= 11 is 0. The van der Waals surface area contributed by atoms with Crippen LogP contribution in [0.4, 0.5) is 5.69 Å². The minimum absolute atomic E-state index is 0.0199. The molecule has 7 heteroatoms. The first kappa shape index (κ1) is 12.4. The van der Waals surface area contributed by atoms with Gasteiger partial charge in [-0.15, -0.1) is 0 Å². The third kappa shape index (κ3) is 2.31. The van der Waals surface area contributed by atoms with E-state index in [0.29, 0.717) is 0 Å². The predicted octanol–water partition coefficient (Wildman–Crippen LogP) is 1.26. The van der Waals surface area contributed by atoms with Crippen molar-refractivity contribution in [3.05, 3.63) is 33.4 Å². The Hall–Kier alpha value is -2.62. The van der Waals surface area contributed by atoms with Gasteiger partial charge in [0, 0.05) is 6.07 Å². The molecule has 1 aromatic carbocycles. The number of rotatable bonds is 3. The van der Waals surface area contributed by atoms with Crippen molar-refractivity contribution in [1.82, 2.24) is 0 Å². The van der Waals surface area contributed by atoms with Gasteiger partial charge in [-0.2, -0.15) is 5.26 Å². The summed E-state index contributed by atoms with van der Waals surface area (Å²) in [6, 6.07) is 3.89. The lowest BCUT2D eigenvalue weighted by Crippen LogP contribution is -2.05. The lowest BCUT2D eigenvalue weighted by atomic mass is 10.1. The minimum atomic E-state index is -0.738. The van der Waals surface area contributed by atoms with Crippen LogP contribution in [0.5, 0.6) is 5.75 Å². The SMILES string of the molecule is COC(=O)c1cc(C#N)c([N+](=O)[O-])c(OC)c1. The fourth-order valence-electron chi connectivity index (χ4n) is 1.27. The number of nitrogens with zero attached hydrogens (tertiary/aromatic N) is 2. The zero-order valence-corrected chi connectivity index (χ0v) is 9.09. The first-order valence-corrected chi connectivity index (χ1v) is 4.40. The summed E-state index contributed by atoms with van der Waals surface area (Å²) in [6.07, 6.45) is 0. The summed E-state index contributed by atoms with van der Waals surface area (Å²) < 4.78 is 9.25. The van der Waals surface area contributed by atoms with E-state index in [9.17, 15) is 14.9 Å². The normalized spacial score (nSPS) is 9.24. The number of carbonyl (C=O) groups is 1. The molecule has 0 aliphatic carbocycles. The first-order valence-electron chi connectivity index (χ1n) is 4.40. The van der Waals surface area contributed by atoms with E-state index >= 15 is 0 Å². The molecule has 0 saturated carbocycles. The summed E-state index contributed by atoms with van der Waals surface area (Å²) in [5, 5.41) is 19.6. The van der Waals surface area contributed by atoms with Crippen LogP contribution in [0.3, 0.4) is 0 Å². The number of nitro groups is 1. The standard InChI is InChI=1S/C10H8N2O5/c1-16-8-4-6(10(13)17-2)3-7(5-11)9(8)12(14)15/h3-4H,1-2H3. The van der Waals surface area contributed by atoms with Gasteiger partial charge in [0.05, 0.1) is 24.7 Å². The van der Waals surface area contributed by atoms with Crippen LogP contribution >= 0.6 is 0 Å². The van der Waals surface area contributed by atoms with Crippen molar-refractivity contribution in [2.24, 2.45) is 0 Å². The zero-order valence-electron chi connectivity index (χ0n) is 9.09. The maximum absolute atomic E-state index is 11.3. The molecular formula is C10H8N2O5. The van der Waals surface area contributed by atoms with Crippen LogP contribution in [0.25, 0.3) is 0 Å². The molecule has 0 spiro atoms. The Labute approximate surface area is 96.3 Å². The van der Waals surface area contributed by atoms with E-state index in [-0.39, 0.29) is 16.9 Å². The van der Waals surface area contributed by atoms with E-state index in [1.54, 1.807) is 6.07 Å². The van der Waals surface area contributed by atoms with Crippen molar-refractivity contribution in [1.29, 1.82) is 5.26 Å². The molecule has 0 bridgehead atoms. The summed E-state index contributed by atoms with van der Waals surface area (Å²) in [5.74, 6) is -0.857. The second kappa shape index (κ2) is 4.94. The molecule has 7 nitrogen and oxygen atoms in total. The van der Waals surface area contributed by atoms with Crippen LogP contribution in [-0.4, -0.2) is 25.1 Å². The van der Waals surface area contributed by atoms with Gasteiger partial charge in [-0.3, -0.25) is 10.1 Å². The third-order valence-corrected chi connectivity index (χ3v) is 2.02. The largest absolute Gasteiger partial charge is 0.490 e. The smallest absolute Gasteiger partial charge is 0.338 e. The summed E-state index contributed by atoms with van der Waals surface area (Å²) in [4.78, 5) is 21.3. The van der Waals surface area contributed by atoms with Crippen LogP contribution in [0.1, 0.15) is 15.9 Å². The maximum Gasteiger partial charge on any atom is 0.338 e.